The number of nitrogens with zero attached hydrogens (tertiary/aromatic N) is 4. The Hall–Kier alpha value is -2.49. The molecule has 0 aliphatic carbocycles. The summed E-state index contributed by atoms with van der Waals surface area (Å²) >= 11 is 1.70. The van der Waals surface area contributed by atoms with Crippen LogP contribution in [0.4, 0.5) is 5.13 Å². The molecule has 0 bridgehead atoms. The molecule has 0 N–H and O–H groups in total. The molecule has 37 heavy (non-hydrogen) atoms. The summed E-state index contributed by atoms with van der Waals surface area (Å²) in [6.07, 6.45) is 3.55. The van der Waals surface area contributed by atoms with Gasteiger partial charge in [-0.3, -0.25) is 4.79 Å². The van der Waals surface area contributed by atoms with Gasteiger partial charge in [0.25, 0.3) is 5.91 Å². The molecule has 0 spiro atoms. The van der Waals surface area contributed by atoms with Gasteiger partial charge in [-0.2, -0.15) is 4.31 Å². The van der Waals surface area contributed by atoms with Crippen LogP contribution in [-0.2, 0) is 10.0 Å². The van der Waals surface area contributed by atoms with E-state index in [1.165, 1.54) is 15.8 Å². The second-order valence-electron chi connectivity index (χ2n) is 9.82. The fraction of sp³-hybridized carbons (Fsp3) is 0.500. The van der Waals surface area contributed by atoms with E-state index in [0.717, 1.165) is 49.4 Å². The van der Waals surface area contributed by atoms with Crippen molar-refractivity contribution in [3.05, 3.63) is 53.1 Å². The molecule has 1 aliphatic rings. The maximum Gasteiger partial charge on any atom is 0.253 e. The summed E-state index contributed by atoms with van der Waals surface area (Å²) in [4.78, 5) is 22.3. The molecule has 2 heterocycles. The van der Waals surface area contributed by atoms with Gasteiger partial charge in [-0.1, -0.05) is 38.0 Å². The lowest BCUT2D eigenvalue weighted by atomic mass is 10.1. The second kappa shape index (κ2) is 11.9. The topological polar surface area (TPSA) is 73.8 Å². The molecule has 2 aromatic carbocycles. The SMILES string of the molecule is CCCCN(CCCC)S(=O)(=O)c1ccc(C(=O)N2CCN(c3nc4cc(C)c(C)cc4s3)CC2)cc1. The third-order valence-corrected chi connectivity index (χ3v) is 10.1. The highest BCUT2D eigenvalue weighted by atomic mass is 32.2. The molecule has 1 aromatic heterocycles. The van der Waals surface area contributed by atoms with Crippen molar-refractivity contribution in [2.45, 2.75) is 58.3 Å². The van der Waals surface area contributed by atoms with Crippen molar-refractivity contribution in [1.82, 2.24) is 14.2 Å². The lowest BCUT2D eigenvalue weighted by Crippen LogP contribution is -2.48. The van der Waals surface area contributed by atoms with Crippen LogP contribution in [0.1, 0.15) is 61.0 Å². The van der Waals surface area contributed by atoms with E-state index < -0.39 is 10.0 Å². The number of rotatable bonds is 10. The minimum atomic E-state index is -3.57. The molecule has 0 unspecified atom stereocenters. The van der Waals surface area contributed by atoms with Crippen LogP contribution in [0, 0.1) is 13.8 Å². The van der Waals surface area contributed by atoms with Gasteiger partial charge in [0, 0.05) is 44.8 Å². The van der Waals surface area contributed by atoms with E-state index in [0.29, 0.717) is 31.7 Å². The average Bonchev–Trinajstić information content (AvgIpc) is 3.31. The van der Waals surface area contributed by atoms with Crippen LogP contribution in [0.15, 0.2) is 41.3 Å². The van der Waals surface area contributed by atoms with Crippen LogP contribution in [0.5, 0.6) is 0 Å². The fourth-order valence-corrected chi connectivity index (χ4v) is 7.14. The van der Waals surface area contributed by atoms with Crippen LogP contribution in [0.3, 0.4) is 0 Å². The normalized spacial score (nSPS) is 14.6. The largest absolute Gasteiger partial charge is 0.345 e. The quantitative estimate of drug-likeness (QED) is 0.340. The lowest BCUT2D eigenvalue weighted by Gasteiger charge is -2.34. The molecular weight excluding hydrogens is 504 g/mol. The summed E-state index contributed by atoms with van der Waals surface area (Å²) in [7, 11) is -3.57. The summed E-state index contributed by atoms with van der Waals surface area (Å²) in [5.74, 6) is -0.0621. The van der Waals surface area contributed by atoms with Crippen molar-refractivity contribution in [3.8, 4) is 0 Å². The van der Waals surface area contributed by atoms with E-state index in [2.05, 4.69) is 44.7 Å². The van der Waals surface area contributed by atoms with Gasteiger partial charge in [0.2, 0.25) is 10.0 Å². The Morgan fingerprint density at radius 2 is 1.54 bits per heavy atom. The fourth-order valence-electron chi connectivity index (χ4n) is 4.53. The number of hydrogen-bond acceptors (Lipinski definition) is 6. The van der Waals surface area contributed by atoms with E-state index in [4.69, 9.17) is 4.98 Å². The third kappa shape index (κ3) is 6.16. The van der Waals surface area contributed by atoms with Crippen molar-refractivity contribution >= 4 is 42.6 Å². The Kier molecular flexibility index (Phi) is 8.87. The average molecular weight is 543 g/mol. The molecule has 3 aromatic rings. The summed E-state index contributed by atoms with van der Waals surface area (Å²) < 4.78 is 29.2. The van der Waals surface area contributed by atoms with Gasteiger partial charge in [-0.05, 0) is 74.2 Å². The number of carbonyl (C=O) groups excluding carboxylic acids is 1. The zero-order valence-corrected chi connectivity index (χ0v) is 24.0. The number of aromatic nitrogens is 1. The van der Waals surface area contributed by atoms with Crippen LogP contribution in [0.25, 0.3) is 10.2 Å². The van der Waals surface area contributed by atoms with Crippen LogP contribution in [-0.4, -0.2) is 67.8 Å². The number of sulfonamides is 1. The van der Waals surface area contributed by atoms with E-state index in [1.54, 1.807) is 39.9 Å². The highest BCUT2D eigenvalue weighted by Crippen LogP contribution is 2.31. The second-order valence-corrected chi connectivity index (χ2v) is 12.8. The van der Waals surface area contributed by atoms with Crippen LogP contribution >= 0.6 is 11.3 Å². The molecule has 0 atom stereocenters. The van der Waals surface area contributed by atoms with Crippen molar-refractivity contribution in [3.63, 3.8) is 0 Å². The van der Waals surface area contributed by atoms with Crippen molar-refractivity contribution in [2.75, 3.05) is 44.2 Å². The highest BCUT2D eigenvalue weighted by Gasteiger charge is 2.26. The minimum absolute atomic E-state index is 0.0621. The molecule has 1 fully saturated rings. The zero-order valence-electron chi connectivity index (χ0n) is 22.4. The minimum Gasteiger partial charge on any atom is -0.345 e. The first-order valence-corrected chi connectivity index (χ1v) is 15.5. The Bertz CT molecular complexity index is 1280. The number of thiazole rings is 1. The summed E-state index contributed by atoms with van der Waals surface area (Å²) in [6, 6.07) is 10.8. The van der Waals surface area contributed by atoms with Gasteiger partial charge in [0.05, 0.1) is 15.1 Å². The summed E-state index contributed by atoms with van der Waals surface area (Å²) in [6.45, 7) is 12.1. The first kappa shape index (κ1) is 27.5. The molecule has 200 valence electrons. The van der Waals surface area contributed by atoms with E-state index in [-0.39, 0.29) is 10.8 Å². The van der Waals surface area contributed by atoms with Gasteiger partial charge < -0.3 is 9.80 Å². The predicted molar refractivity (Wildman–Crippen MR) is 152 cm³/mol. The first-order chi connectivity index (χ1) is 17.7. The van der Waals surface area contributed by atoms with Crippen LogP contribution in [0.2, 0.25) is 0 Å². The Balaban J connectivity index is 1.40. The molecule has 1 saturated heterocycles. The van der Waals surface area contributed by atoms with Crippen molar-refractivity contribution in [2.24, 2.45) is 0 Å². The Labute approximate surface area is 225 Å². The van der Waals surface area contributed by atoms with E-state index >= 15 is 0 Å². The third-order valence-electron chi connectivity index (χ3n) is 7.09. The maximum absolute atomic E-state index is 13.2. The first-order valence-electron chi connectivity index (χ1n) is 13.3. The number of unbranched alkanes of at least 4 members (excludes halogenated alkanes) is 2. The molecule has 9 heteroatoms. The number of carbonyl (C=O) groups is 1. The van der Waals surface area contributed by atoms with Gasteiger partial charge in [-0.25, -0.2) is 13.4 Å². The lowest BCUT2D eigenvalue weighted by molar-refractivity contribution is 0.0746. The molecular formula is C28H38N4O3S2. The number of aryl methyl sites for hydroxylation is 2. The molecule has 4 rings (SSSR count). The zero-order chi connectivity index (χ0) is 26.6. The predicted octanol–water partition coefficient (Wildman–Crippen LogP) is 5.47. The molecule has 0 radical (unpaired) electrons. The van der Waals surface area contributed by atoms with Crippen molar-refractivity contribution < 1.29 is 13.2 Å². The van der Waals surface area contributed by atoms with Crippen LogP contribution < -0.4 is 4.90 Å². The number of piperazine rings is 1. The van der Waals surface area contributed by atoms with Gasteiger partial charge >= 0.3 is 0 Å². The molecule has 7 nitrogen and oxygen atoms in total. The number of amides is 1. The molecule has 0 saturated carbocycles. The van der Waals surface area contributed by atoms with E-state index in [1.807, 2.05) is 4.90 Å². The standard InChI is InChI=1S/C28H38N4O3S2/c1-5-7-13-32(14-8-6-2)37(34,35)24-11-9-23(10-12-24)27(33)30-15-17-31(18-16-30)28-29-25-19-21(3)22(4)20-26(25)36-28/h9-12,19-20H,5-8,13-18H2,1-4H3. The summed E-state index contributed by atoms with van der Waals surface area (Å²) in [5, 5.41) is 0.998. The van der Waals surface area contributed by atoms with Gasteiger partial charge in [-0.15, -0.1) is 0 Å². The monoisotopic (exact) mass is 542 g/mol. The van der Waals surface area contributed by atoms with E-state index in [9.17, 15) is 13.2 Å². The maximum atomic E-state index is 13.2. The number of fused-ring (bicyclic) bond motifs is 1. The summed E-state index contributed by atoms with van der Waals surface area (Å²) in [5.41, 5.74) is 4.06. The highest BCUT2D eigenvalue weighted by molar-refractivity contribution is 7.89. The number of anilines is 1. The van der Waals surface area contributed by atoms with Gasteiger partial charge in [0.15, 0.2) is 5.13 Å². The number of benzene rings is 2. The smallest absolute Gasteiger partial charge is 0.253 e. The Morgan fingerprint density at radius 1 is 0.946 bits per heavy atom. The van der Waals surface area contributed by atoms with Crippen molar-refractivity contribution in [1.29, 1.82) is 0 Å². The Morgan fingerprint density at radius 3 is 2.14 bits per heavy atom. The van der Waals surface area contributed by atoms with Gasteiger partial charge in [0.1, 0.15) is 0 Å². The molecule has 1 aliphatic heterocycles. The molecule has 1 amide bonds. The number of hydrogen-bond donors (Lipinski definition) is 0.